The Hall–Kier alpha value is -3.87. The number of carbonyl (C=O) groups is 2. The minimum absolute atomic E-state index is 0.0430. The maximum absolute atomic E-state index is 13.7. The van der Waals surface area contributed by atoms with E-state index in [-0.39, 0.29) is 11.1 Å². The second-order valence-corrected chi connectivity index (χ2v) is 7.32. The van der Waals surface area contributed by atoms with Gasteiger partial charge in [0.15, 0.2) is 17.9 Å². The molecule has 6 nitrogen and oxygen atoms in total. The Balaban J connectivity index is 1.38. The zero-order chi connectivity index (χ0) is 21.8. The molecule has 7 heteroatoms. The molecule has 4 rings (SSSR count). The molecule has 3 aromatic rings. The molecule has 2 N–H and O–H groups in total. The van der Waals surface area contributed by atoms with Crippen LogP contribution in [0.25, 0.3) is 0 Å². The van der Waals surface area contributed by atoms with E-state index in [0.717, 1.165) is 44.0 Å². The first-order valence-electron chi connectivity index (χ1n) is 9.99. The quantitative estimate of drug-likeness (QED) is 0.614. The third-order valence-corrected chi connectivity index (χ3v) is 5.37. The number of phenols is 1. The first-order valence-corrected chi connectivity index (χ1v) is 9.99. The SMILES string of the molecule is O=Cc1cc(C(=O)Nc2ccc(N3CCN(c4ccccc4)CC3)cc2)cc(F)c1O. The second-order valence-electron chi connectivity index (χ2n) is 7.32. The number of hydrogen-bond donors (Lipinski definition) is 2. The van der Waals surface area contributed by atoms with Gasteiger partial charge in [-0.15, -0.1) is 0 Å². The highest BCUT2D eigenvalue weighted by molar-refractivity contribution is 6.05. The van der Waals surface area contributed by atoms with E-state index in [0.29, 0.717) is 12.0 Å². The van der Waals surface area contributed by atoms with Crippen LogP contribution < -0.4 is 15.1 Å². The number of amides is 1. The Morgan fingerprint density at radius 2 is 1.48 bits per heavy atom. The maximum Gasteiger partial charge on any atom is 0.255 e. The van der Waals surface area contributed by atoms with Gasteiger partial charge in [0.05, 0.1) is 5.56 Å². The van der Waals surface area contributed by atoms with Gasteiger partial charge in [0, 0.05) is 48.8 Å². The number of piperazine rings is 1. The first-order chi connectivity index (χ1) is 15.0. The minimum atomic E-state index is -1.01. The first kappa shape index (κ1) is 20.4. The minimum Gasteiger partial charge on any atom is -0.504 e. The van der Waals surface area contributed by atoms with Crippen molar-refractivity contribution >= 4 is 29.3 Å². The Morgan fingerprint density at radius 1 is 0.903 bits per heavy atom. The highest BCUT2D eigenvalue weighted by Crippen LogP contribution is 2.24. The summed E-state index contributed by atoms with van der Waals surface area (Å²) in [5.74, 6) is -2.34. The molecule has 158 valence electrons. The molecule has 0 saturated carbocycles. The molecule has 0 spiro atoms. The van der Waals surface area contributed by atoms with Gasteiger partial charge >= 0.3 is 0 Å². The molecule has 1 aliphatic rings. The lowest BCUT2D eigenvalue weighted by atomic mass is 10.1. The van der Waals surface area contributed by atoms with Gasteiger partial charge in [-0.1, -0.05) is 18.2 Å². The highest BCUT2D eigenvalue weighted by atomic mass is 19.1. The lowest BCUT2D eigenvalue weighted by Crippen LogP contribution is -2.46. The largest absolute Gasteiger partial charge is 0.504 e. The molecular formula is C24H22FN3O3. The number of para-hydroxylation sites is 1. The van der Waals surface area contributed by atoms with Gasteiger partial charge in [-0.2, -0.15) is 0 Å². The average Bonchev–Trinajstić information content (AvgIpc) is 2.82. The molecule has 1 saturated heterocycles. The summed E-state index contributed by atoms with van der Waals surface area (Å²) in [6.07, 6.45) is 0.307. The van der Waals surface area contributed by atoms with Gasteiger partial charge in [0.1, 0.15) is 0 Å². The smallest absolute Gasteiger partial charge is 0.255 e. The molecule has 0 aromatic heterocycles. The van der Waals surface area contributed by atoms with Gasteiger partial charge in [-0.3, -0.25) is 9.59 Å². The number of nitrogens with one attached hydrogen (secondary N) is 1. The predicted octanol–water partition coefficient (Wildman–Crippen LogP) is 3.92. The summed E-state index contributed by atoms with van der Waals surface area (Å²) in [6.45, 7) is 3.63. The Kier molecular flexibility index (Phi) is 5.84. The number of phenolic OH excluding ortho intramolecular Hbond substituents is 1. The van der Waals surface area contributed by atoms with Crippen LogP contribution >= 0.6 is 0 Å². The predicted molar refractivity (Wildman–Crippen MR) is 119 cm³/mol. The molecule has 3 aromatic carbocycles. The highest BCUT2D eigenvalue weighted by Gasteiger charge is 2.18. The van der Waals surface area contributed by atoms with Crippen molar-refractivity contribution in [1.29, 1.82) is 0 Å². The third kappa shape index (κ3) is 4.50. The standard InChI is InChI=1S/C24H22FN3O3/c25-22-15-17(14-18(16-29)23(22)30)24(31)26-19-6-8-21(9-7-19)28-12-10-27(11-13-28)20-4-2-1-3-5-20/h1-9,14-16,30H,10-13H2,(H,26,31). The van der Waals surface area contributed by atoms with E-state index >= 15 is 0 Å². The molecule has 0 atom stereocenters. The van der Waals surface area contributed by atoms with E-state index in [4.69, 9.17) is 0 Å². The summed E-state index contributed by atoms with van der Waals surface area (Å²) >= 11 is 0. The van der Waals surface area contributed by atoms with Crippen LogP contribution in [0, 0.1) is 5.82 Å². The molecule has 1 aliphatic heterocycles. The van der Waals surface area contributed by atoms with Crippen LogP contribution in [0.3, 0.4) is 0 Å². The van der Waals surface area contributed by atoms with Crippen LogP contribution in [0.1, 0.15) is 20.7 Å². The number of hydrogen-bond acceptors (Lipinski definition) is 5. The van der Waals surface area contributed by atoms with E-state index in [1.165, 1.54) is 5.69 Å². The number of rotatable bonds is 5. The van der Waals surface area contributed by atoms with Crippen molar-refractivity contribution < 1.29 is 19.1 Å². The van der Waals surface area contributed by atoms with E-state index in [1.54, 1.807) is 12.1 Å². The fourth-order valence-corrected chi connectivity index (χ4v) is 3.66. The topological polar surface area (TPSA) is 72.9 Å². The van der Waals surface area contributed by atoms with Crippen molar-refractivity contribution in [2.24, 2.45) is 0 Å². The molecule has 1 heterocycles. The lowest BCUT2D eigenvalue weighted by molar-refractivity contribution is 0.102. The van der Waals surface area contributed by atoms with Gasteiger partial charge in [-0.05, 0) is 48.5 Å². The molecule has 0 radical (unpaired) electrons. The fraction of sp³-hybridized carbons (Fsp3) is 0.167. The number of nitrogens with zero attached hydrogens (tertiary/aromatic N) is 2. The summed E-state index contributed by atoms with van der Waals surface area (Å²) in [5, 5.41) is 12.2. The summed E-state index contributed by atoms with van der Waals surface area (Å²) < 4.78 is 13.7. The van der Waals surface area contributed by atoms with Crippen LogP contribution in [-0.2, 0) is 0 Å². The summed E-state index contributed by atoms with van der Waals surface area (Å²) in [7, 11) is 0. The Bertz CT molecular complexity index is 1080. The van der Waals surface area contributed by atoms with Crippen molar-refractivity contribution in [3.63, 3.8) is 0 Å². The van der Waals surface area contributed by atoms with Crippen molar-refractivity contribution in [3.8, 4) is 5.75 Å². The van der Waals surface area contributed by atoms with E-state index in [9.17, 15) is 19.1 Å². The van der Waals surface area contributed by atoms with Crippen molar-refractivity contribution in [2.45, 2.75) is 0 Å². The molecule has 31 heavy (non-hydrogen) atoms. The van der Waals surface area contributed by atoms with Crippen LogP contribution in [0.4, 0.5) is 21.5 Å². The summed E-state index contributed by atoms with van der Waals surface area (Å²) in [5.41, 5.74) is 2.53. The zero-order valence-electron chi connectivity index (χ0n) is 16.8. The van der Waals surface area contributed by atoms with Crippen LogP contribution in [-0.4, -0.2) is 43.5 Å². The summed E-state index contributed by atoms with van der Waals surface area (Å²) in [4.78, 5) is 28.0. The van der Waals surface area contributed by atoms with Gasteiger partial charge in [0.25, 0.3) is 5.91 Å². The van der Waals surface area contributed by atoms with Gasteiger partial charge in [0.2, 0.25) is 0 Å². The summed E-state index contributed by atoms with van der Waals surface area (Å²) in [6, 6.07) is 19.8. The number of halogens is 1. The molecule has 0 bridgehead atoms. The normalized spacial score (nSPS) is 13.7. The van der Waals surface area contributed by atoms with Crippen LogP contribution in [0.2, 0.25) is 0 Å². The van der Waals surface area contributed by atoms with Crippen LogP contribution in [0.5, 0.6) is 5.75 Å². The molecule has 1 fully saturated rings. The van der Waals surface area contributed by atoms with Crippen molar-refractivity contribution in [3.05, 3.63) is 83.7 Å². The van der Waals surface area contributed by atoms with Crippen LogP contribution in [0.15, 0.2) is 66.7 Å². The monoisotopic (exact) mass is 419 g/mol. The molecule has 1 amide bonds. The van der Waals surface area contributed by atoms with E-state index < -0.39 is 17.5 Å². The Labute approximate surface area is 179 Å². The number of aromatic hydroxyl groups is 1. The number of benzene rings is 3. The molecule has 0 aliphatic carbocycles. The van der Waals surface area contributed by atoms with Crippen molar-refractivity contribution in [2.75, 3.05) is 41.3 Å². The average molecular weight is 419 g/mol. The number of carbonyl (C=O) groups excluding carboxylic acids is 2. The second kappa shape index (κ2) is 8.87. The molecule has 0 unspecified atom stereocenters. The maximum atomic E-state index is 13.7. The number of aldehydes is 1. The van der Waals surface area contributed by atoms with Crippen molar-refractivity contribution in [1.82, 2.24) is 0 Å². The lowest BCUT2D eigenvalue weighted by Gasteiger charge is -2.37. The van der Waals surface area contributed by atoms with Gasteiger partial charge in [-0.25, -0.2) is 4.39 Å². The third-order valence-electron chi connectivity index (χ3n) is 5.37. The molecular weight excluding hydrogens is 397 g/mol. The number of anilines is 3. The van der Waals surface area contributed by atoms with E-state index in [2.05, 4.69) is 27.2 Å². The van der Waals surface area contributed by atoms with Gasteiger partial charge < -0.3 is 20.2 Å². The zero-order valence-corrected chi connectivity index (χ0v) is 16.8. The fourth-order valence-electron chi connectivity index (χ4n) is 3.66. The Morgan fingerprint density at radius 3 is 2.06 bits per heavy atom. The van der Waals surface area contributed by atoms with E-state index in [1.807, 2.05) is 30.3 Å².